The van der Waals surface area contributed by atoms with Crippen LogP contribution < -0.4 is 4.90 Å². The van der Waals surface area contributed by atoms with Gasteiger partial charge in [0.1, 0.15) is 5.82 Å². The number of hydrogen-bond acceptors (Lipinski definition) is 4. The van der Waals surface area contributed by atoms with Crippen molar-refractivity contribution >= 4 is 5.82 Å². The van der Waals surface area contributed by atoms with Gasteiger partial charge >= 0.3 is 0 Å². The van der Waals surface area contributed by atoms with Gasteiger partial charge in [0.05, 0.1) is 13.2 Å². The Hall–Kier alpha value is -1.13. The number of anilines is 1. The number of pyridine rings is 1. The van der Waals surface area contributed by atoms with Crippen LogP contribution in [0.4, 0.5) is 5.82 Å². The first-order valence-corrected chi connectivity index (χ1v) is 8.69. The molecule has 3 rings (SSSR count). The fraction of sp³-hybridized carbons (Fsp3) is 0.722. The summed E-state index contributed by atoms with van der Waals surface area (Å²) in [5, 5.41) is 0. The van der Waals surface area contributed by atoms with Gasteiger partial charge in [0.2, 0.25) is 0 Å². The van der Waals surface area contributed by atoms with Crippen molar-refractivity contribution in [2.45, 2.75) is 39.7 Å². The highest BCUT2D eigenvalue weighted by atomic mass is 16.5. The minimum atomic E-state index is 0.564. The quantitative estimate of drug-likeness (QED) is 0.855. The van der Waals surface area contributed by atoms with E-state index in [0.29, 0.717) is 6.04 Å². The normalized spacial score (nSPS) is 23.5. The Bertz CT molecular complexity index is 497. The first kappa shape index (κ1) is 15.8. The van der Waals surface area contributed by atoms with Crippen LogP contribution in [0.25, 0.3) is 0 Å². The van der Waals surface area contributed by atoms with Crippen molar-refractivity contribution < 1.29 is 4.74 Å². The number of hydrogen-bond donors (Lipinski definition) is 0. The second-order valence-corrected chi connectivity index (χ2v) is 6.99. The van der Waals surface area contributed by atoms with Crippen molar-refractivity contribution in [1.29, 1.82) is 0 Å². The van der Waals surface area contributed by atoms with Crippen LogP contribution in [0.5, 0.6) is 0 Å². The standard InChI is InChI=1S/C18H29N3O/c1-14(2)13-21-8-4-5-17(21)16-6-7-18(19-15(16)3)20-9-11-22-12-10-20/h6-7,14,17H,4-5,8-13H2,1-3H3/t17-/m1/s1. The average Bonchev–Trinajstić information content (AvgIpc) is 2.95. The number of rotatable bonds is 4. The maximum Gasteiger partial charge on any atom is 0.128 e. The van der Waals surface area contributed by atoms with Gasteiger partial charge in [0.15, 0.2) is 0 Å². The molecular formula is C18H29N3O. The van der Waals surface area contributed by atoms with Gasteiger partial charge in [0, 0.05) is 31.4 Å². The number of morpholine rings is 1. The molecule has 2 saturated heterocycles. The van der Waals surface area contributed by atoms with E-state index in [4.69, 9.17) is 9.72 Å². The van der Waals surface area contributed by atoms with Gasteiger partial charge in [0.25, 0.3) is 0 Å². The molecule has 1 aromatic heterocycles. The first-order chi connectivity index (χ1) is 10.6. The van der Waals surface area contributed by atoms with Crippen LogP contribution >= 0.6 is 0 Å². The molecule has 0 amide bonds. The van der Waals surface area contributed by atoms with Crippen molar-refractivity contribution in [3.05, 3.63) is 23.4 Å². The number of aromatic nitrogens is 1. The van der Waals surface area contributed by atoms with E-state index in [2.05, 4.69) is 42.7 Å². The van der Waals surface area contributed by atoms with Crippen molar-refractivity contribution in [1.82, 2.24) is 9.88 Å². The predicted octanol–water partition coefficient (Wildman–Crippen LogP) is 3.02. The van der Waals surface area contributed by atoms with Gasteiger partial charge in [-0.2, -0.15) is 0 Å². The summed E-state index contributed by atoms with van der Waals surface area (Å²) in [6.45, 7) is 12.7. The smallest absolute Gasteiger partial charge is 0.128 e. The monoisotopic (exact) mass is 303 g/mol. The van der Waals surface area contributed by atoms with Gasteiger partial charge < -0.3 is 9.64 Å². The van der Waals surface area contributed by atoms with E-state index in [1.165, 1.54) is 37.2 Å². The molecule has 0 saturated carbocycles. The second kappa shape index (κ2) is 6.97. The van der Waals surface area contributed by atoms with Crippen molar-refractivity contribution in [3.8, 4) is 0 Å². The number of ether oxygens (including phenoxy) is 1. The van der Waals surface area contributed by atoms with Crippen LogP contribution in [0.15, 0.2) is 12.1 Å². The van der Waals surface area contributed by atoms with E-state index >= 15 is 0 Å². The molecule has 2 aliphatic rings. The van der Waals surface area contributed by atoms with Crippen LogP contribution in [-0.2, 0) is 4.74 Å². The summed E-state index contributed by atoms with van der Waals surface area (Å²) in [5.74, 6) is 1.83. The molecule has 0 bridgehead atoms. The molecule has 2 aliphatic heterocycles. The molecule has 1 atom stereocenters. The molecule has 0 spiro atoms. The largest absolute Gasteiger partial charge is 0.378 e. The lowest BCUT2D eigenvalue weighted by Gasteiger charge is -2.30. The van der Waals surface area contributed by atoms with Gasteiger partial charge in [-0.15, -0.1) is 0 Å². The Balaban J connectivity index is 1.76. The SMILES string of the molecule is Cc1nc(N2CCOCC2)ccc1[C@H]1CCCN1CC(C)C. The van der Waals surface area contributed by atoms with Crippen LogP contribution in [0.2, 0.25) is 0 Å². The third-order valence-electron chi connectivity index (χ3n) is 4.77. The highest BCUT2D eigenvalue weighted by Crippen LogP contribution is 2.34. The number of likely N-dealkylation sites (tertiary alicyclic amines) is 1. The minimum Gasteiger partial charge on any atom is -0.378 e. The summed E-state index contributed by atoms with van der Waals surface area (Å²) >= 11 is 0. The maximum absolute atomic E-state index is 5.43. The summed E-state index contributed by atoms with van der Waals surface area (Å²) in [6.07, 6.45) is 2.58. The fourth-order valence-corrected chi connectivity index (χ4v) is 3.75. The highest BCUT2D eigenvalue weighted by Gasteiger charge is 2.28. The maximum atomic E-state index is 5.43. The molecule has 4 nitrogen and oxygen atoms in total. The zero-order chi connectivity index (χ0) is 15.5. The molecule has 0 N–H and O–H groups in total. The summed E-state index contributed by atoms with van der Waals surface area (Å²) in [4.78, 5) is 9.87. The molecule has 0 unspecified atom stereocenters. The Morgan fingerprint density at radius 1 is 1.23 bits per heavy atom. The van der Waals surface area contributed by atoms with Gasteiger partial charge in [-0.1, -0.05) is 19.9 Å². The van der Waals surface area contributed by atoms with Crippen molar-refractivity contribution in [2.24, 2.45) is 5.92 Å². The van der Waals surface area contributed by atoms with E-state index in [1.807, 2.05) is 0 Å². The van der Waals surface area contributed by atoms with Gasteiger partial charge in [-0.3, -0.25) is 4.90 Å². The molecule has 0 aromatic carbocycles. The molecule has 122 valence electrons. The zero-order valence-electron chi connectivity index (χ0n) is 14.2. The predicted molar refractivity (Wildman–Crippen MR) is 90.4 cm³/mol. The van der Waals surface area contributed by atoms with E-state index in [9.17, 15) is 0 Å². The highest BCUT2D eigenvalue weighted by molar-refractivity contribution is 5.43. The Morgan fingerprint density at radius 2 is 2.00 bits per heavy atom. The summed E-state index contributed by atoms with van der Waals surface area (Å²) in [7, 11) is 0. The Kier molecular flexibility index (Phi) is 4.99. The molecule has 22 heavy (non-hydrogen) atoms. The Labute approximate surface area is 134 Å². The van der Waals surface area contributed by atoms with E-state index in [0.717, 1.165) is 38.0 Å². The Morgan fingerprint density at radius 3 is 2.68 bits per heavy atom. The van der Waals surface area contributed by atoms with Crippen LogP contribution in [0.3, 0.4) is 0 Å². The molecule has 2 fully saturated rings. The molecule has 1 aromatic rings. The summed E-state index contributed by atoms with van der Waals surface area (Å²) in [6, 6.07) is 5.09. The topological polar surface area (TPSA) is 28.6 Å². The molecular weight excluding hydrogens is 274 g/mol. The summed E-state index contributed by atoms with van der Waals surface area (Å²) < 4.78 is 5.43. The van der Waals surface area contributed by atoms with E-state index in [1.54, 1.807) is 0 Å². The first-order valence-electron chi connectivity index (χ1n) is 8.69. The van der Waals surface area contributed by atoms with Crippen molar-refractivity contribution in [3.63, 3.8) is 0 Å². The molecule has 0 aliphatic carbocycles. The van der Waals surface area contributed by atoms with Crippen LogP contribution in [-0.4, -0.2) is 49.3 Å². The van der Waals surface area contributed by atoms with Crippen LogP contribution in [0.1, 0.15) is 44.0 Å². The molecule has 4 heteroatoms. The lowest BCUT2D eigenvalue weighted by atomic mass is 10.0. The van der Waals surface area contributed by atoms with E-state index < -0.39 is 0 Å². The minimum absolute atomic E-state index is 0.564. The molecule has 0 radical (unpaired) electrons. The average molecular weight is 303 g/mol. The van der Waals surface area contributed by atoms with Gasteiger partial charge in [-0.25, -0.2) is 4.98 Å². The zero-order valence-corrected chi connectivity index (χ0v) is 14.2. The summed E-state index contributed by atoms with van der Waals surface area (Å²) in [5.41, 5.74) is 2.62. The van der Waals surface area contributed by atoms with Gasteiger partial charge in [-0.05, 0) is 43.9 Å². The third kappa shape index (κ3) is 3.44. The number of nitrogens with zero attached hydrogens (tertiary/aromatic N) is 3. The molecule has 3 heterocycles. The third-order valence-corrected chi connectivity index (χ3v) is 4.77. The fourth-order valence-electron chi connectivity index (χ4n) is 3.75. The second-order valence-electron chi connectivity index (χ2n) is 6.99. The lowest BCUT2D eigenvalue weighted by molar-refractivity contribution is 0.122. The van der Waals surface area contributed by atoms with E-state index in [-0.39, 0.29) is 0 Å². The van der Waals surface area contributed by atoms with Crippen molar-refractivity contribution in [2.75, 3.05) is 44.3 Å². The lowest BCUT2D eigenvalue weighted by Crippen LogP contribution is -2.37. The number of aryl methyl sites for hydroxylation is 1. The van der Waals surface area contributed by atoms with Crippen LogP contribution in [0, 0.1) is 12.8 Å².